The highest BCUT2D eigenvalue weighted by Crippen LogP contribution is 2.33. The molecule has 0 spiro atoms. The summed E-state index contributed by atoms with van der Waals surface area (Å²) in [5.74, 6) is -0.829. The van der Waals surface area contributed by atoms with Crippen LogP contribution in [0.1, 0.15) is 68.8 Å². The van der Waals surface area contributed by atoms with Gasteiger partial charge < -0.3 is 19.3 Å². The van der Waals surface area contributed by atoms with E-state index in [1.165, 1.54) is 22.5 Å². The number of fused-ring (bicyclic) bond motifs is 1. The minimum atomic E-state index is -1.23. The maximum Gasteiger partial charge on any atom is 0.302 e. The first kappa shape index (κ1) is 23.3. The topological polar surface area (TPSA) is 88.8 Å². The second-order valence-corrected chi connectivity index (χ2v) is 8.73. The second kappa shape index (κ2) is 9.40. The van der Waals surface area contributed by atoms with Crippen LogP contribution in [0.15, 0.2) is 29.2 Å². The van der Waals surface area contributed by atoms with E-state index in [2.05, 4.69) is 0 Å². The standard InChI is InChI=1S/C23H29ClN2O5/c1-15(14-31-16(2)27)26-13-10-17-18(21(26)28)8-9-19(24)20(17)22(29)25(3)23(30)11-6-4-5-7-12-23/h8-10,13,15,30H,4-7,11-12,14H2,1-3H3/t15-/m1/s1. The van der Waals surface area contributed by atoms with Gasteiger partial charge in [0.1, 0.15) is 12.3 Å². The van der Waals surface area contributed by atoms with Gasteiger partial charge in [0, 0.05) is 30.9 Å². The Balaban J connectivity index is 2.01. The van der Waals surface area contributed by atoms with Crippen molar-refractivity contribution in [1.29, 1.82) is 0 Å². The molecule has 1 aromatic heterocycles. The quantitative estimate of drug-likeness (QED) is 0.425. The molecule has 3 rings (SSSR count). The molecule has 1 saturated carbocycles. The largest absolute Gasteiger partial charge is 0.464 e. The number of amides is 1. The Morgan fingerprint density at radius 3 is 2.45 bits per heavy atom. The monoisotopic (exact) mass is 448 g/mol. The van der Waals surface area contributed by atoms with Crippen LogP contribution in [0.4, 0.5) is 0 Å². The first-order valence-corrected chi connectivity index (χ1v) is 11.0. The zero-order valence-electron chi connectivity index (χ0n) is 18.2. The zero-order chi connectivity index (χ0) is 22.8. The molecular formula is C23H29ClN2O5. The lowest BCUT2D eigenvalue weighted by atomic mass is 9.99. The fourth-order valence-corrected chi connectivity index (χ4v) is 4.43. The van der Waals surface area contributed by atoms with E-state index < -0.39 is 17.6 Å². The van der Waals surface area contributed by atoms with Crippen molar-refractivity contribution in [3.8, 4) is 0 Å². The summed E-state index contributed by atoms with van der Waals surface area (Å²) in [6.07, 6.45) is 6.36. The summed E-state index contributed by atoms with van der Waals surface area (Å²) in [7, 11) is 1.59. The fourth-order valence-electron chi connectivity index (χ4n) is 4.18. The molecule has 7 nitrogen and oxygen atoms in total. The molecule has 1 aromatic carbocycles. The molecule has 1 aliphatic rings. The van der Waals surface area contributed by atoms with Crippen LogP contribution in [0.3, 0.4) is 0 Å². The van der Waals surface area contributed by atoms with Gasteiger partial charge in [-0.3, -0.25) is 14.4 Å². The lowest BCUT2D eigenvalue weighted by Gasteiger charge is -2.37. The van der Waals surface area contributed by atoms with Crippen molar-refractivity contribution in [1.82, 2.24) is 9.47 Å². The van der Waals surface area contributed by atoms with Crippen LogP contribution >= 0.6 is 11.6 Å². The number of halogens is 1. The first-order chi connectivity index (χ1) is 14.7. The van der Waals surface area contributed by atoms with Crippen LogP contribution < -0.4 is 5.56 Å². The molecule has 1 aliphatic carbocycles. The molecule has 31 heavy (non-hydrogen) atoms. The number of carbonyl (C=O) groups is 2. The molecule has 8 heteroatoms. The van der Waals surface area contributed by atoms with E-state index in [1.54, 1.807) is 32.3 Å². The third-order valence-corrected chi connectivity index (χ3v) is 6.43. The molecule has 1 heterocycles. The highest BCUT2D eigenvalue weighted by atomic mass is 35.5. The summed E-state index contributed by atoms with van der Waals surface area (Å²) in [5.41, 5.74) is -1.33. The Kier molecular flexibility index (Phi) is 7.06. The van der Waals surface area contributed by atoms with Gasteiger partial charge in [-0.05, 0) is 50.8 Å². The number of hydrogen-bond acceptors (Lipinski definition) is 5. The van der Waals surface area contributed by atoms with E-state index in [-0.39, 0.29) is 28.8 Å². The molecule has 1 N–H and O–H groups in total. The summed E-state index contributed by atoms with van der Waals surface area (Å²) in [5, 5.41) is 12.1. The Labute approximate surface area is 186 Å². The molecule has 1 amide bonds. The second-order valence-electron chi connectivity index (χ2n) is 8.32. The van der Waals surface area contributed by atoms with Crippen molar-refractivity contribution < 1.29 is 19.4 Å². The molecule has 168 valence electrons. The van der Waals surface area contributed by atoms with Crippen molar-refractivity contribution in [2.24, 2.45) is 0 Å². The summed E-state index contributed by atoms with van der Waals surface area (Å²) < 4.78 is 6.49. The van der Waals surface area contributed by atoms with Crippen molar-refractivity contribution >= 4 is 34.2 Å². The number of carbonyl (C=O) groups excluding carboxylic acids is 2. The molecule has 0 radical (unpaired) electrons. The van der Waals surface area contributed by atoms with Gasteiger partial charge in [0.25, 0.3) is 11.5 Å². The lowest BCUT2D eigenvalue weighted by Crippen LogP contribution is -2.49. The van der Waals surface area contributed by atoms with E-state index in [1.807, 2.05) is 0 Å². The predicted octanol–water partition coefficient (Wildman–Crippen LogP) is 3.89. The molecule has 2 aromatic rings. The summed E-state index contributed by atoms with van der Waals surface area (Å²) in [6.45, 7) is 3.15. The van der Waals surface area contributed by atoms with Crippen LogP contribution in [-0.4, -0.2) is 45.8 Å². The molecule has 0 bridgehead atoms. The molecule has 0 saturated heterocycles. The Morgan fingerprint density at radius 2 is 1.84 bits per heavy atom. The van der Waals surface area contributed by atoms with E-state index >= 15 is 0 Å². The summed E-state index contributed by atoms with van der Waals surface area (Å²) in [6, 6.07) is 4.42. The normalized spacial score (nSPS) is 17.1. The van der Waals surface area contributed by atoms with Crippen molar-refractivity contribution in [2.75, 3.05) is 13.7 Å². The average molecular weight is 449 g/mol. The lowest BCUT2D eigenvalue weighted by molar-refractivity contribution is -0.141. The predicted molar refractivity (Wildman–Crippen MR) is 119 cm³/mol. The minimum Gasteiger partial charge on any atom is -0.464 e. The van der Waals surface area contributed by atoms with Crippen LogP contribution in [0.5, 0.6) is 0 Å². The molecular weight excluding hydrogens is 420 g/mol. The maximum absolute atomic E-state index is 13.4. The number of nitrogens with zero attached hydrogens (tertiary/aromatic N) is 2. The number of aliphatic hydroxyl groups is 1. The van der Waals surface area contributed by atoms with Crippen LogP contribution in [0, 0.1) is 0 Å². The Morgan fingerprint density at radius 1 is 1.19 bits per heavy atom. The number of pyridine rings is 1. The van der Waals surface area contributed by atoms with Gasteiger partial charge in [0.2, 0.25) is 0 Å². The highest BCUT2D eigenvalue weighted by Gasteiger charge is 2.37. The number of ether oxygens (including phenoxy) is 1. The van der Waals surface area contributed by atoms with Gasteiger partial charge >= 0.3 is 5.97 Å². The molecule has 0 unspecified atom stereocenters. The number of rotatable bonds is 5. The van der Waals surface area contributed by atoms with Gasteiger partial charge in [0.05, 0.1) is 16.6 Å². The van der Waals surface area contributed by atoms with E-state index in [4.69, 9.17) is 16.3 Å². The number of hydrogen-bond donors (Lipinski definition) is 1. The number of esters is 1. The fraction of sp³-hybridized carbons (Fsp3) is 0.522. The van der Waals surface area contributed by atoms with E-state index in [9.17, 15) is 19.5 Å². The van der Waals surface area contributed by atoms with Gasteiger partial charge in [-0.2, -0.15) is 0 Å². The van der Waals surface area contributed by atoms with E-state index in [0.29, 0.717) is 23.6 Å². The third kappa shape index (κ3) is 4.77. The summed E-state index contributed by atoms with van der Waals surface area (Å²) >= 11 is 6.40. The van der Waals surface area contributed by atoms with Gasteiger partial charge in [-0.25, -0.2) is 0 Å². The van der Waals surface area contributed by atoms with Crippen molar-refractivity contribution in [3.05, 3.63) is 45.3 Å². The number of aromatic nitrogens is 1. The molecule has 0 aliphatic heterocycles. The molecule has 1 atom stereocenters. The summed E-state index contributed by atoms with van der Waals surface area (Å²) in [4.78, 5) is 39.0. The van der Waals surface area contributed by atoms with Gasteiger partial charge in [-0.1, -0.05) is 24.4 Å². The first-order valence-electron chi connectivity index (χ1n) is 10.6. The molecule has 1 fully saturated rings. The zero-order valence-corrected chi connectivity index (χ0v) is 18.9. The smallest absolute Gasteiger partial charge is 0.302 e. The Hall–Kier alpha value is -2.38. The number of benzene rings is 1. The average Bonchev–Trinajstić information content (AvgIpc) is 2.96. The van der Waals surface area contributed by atoms with Crippen molar-refractivity contribution in [3.63, 3.8) is 0 Å². The maximum atomic E-state index is 13.4. The van der Waals surface area contributed by atoms with E-state index in [0.717, 1.165) is 25.7 Å². The van der Waals surface area contributed by atoms with Crippen LogP contribution in [0.2, 0.25) is 5.02 Å². The highest BCUT2D eigenvalue weighted by molar-refractivity contribution is 6.35. The van der Waals surface area contributed by atoms with Gasteiger partial charge in [-0.15, -0.1) is 0 Å². The van der Waals surface area contributed by atoms with Crippen LogP contribution in [-0.2, 0) is 9.53 Å². The SMILES string of the molecule is CC(=O)OC[C@@H](C)n1ccc2c(C(=O)N(C)C3(O)CCCCCC3)c(Cl)ccc2c1=O. The van der Waals surface area contributed by atoms with Gasteiger partial charge in [0.15, 0.2) is 0 Å². The van der Waals surface area contributed by atoms with Crippen molar-refractivity contribution in [2.45, 2.75) is 64.1 Å². The minimum absolute atomic E-state index is 0.0654. The Bertz CT molecular complexity index is 1040. The van der Waals surface area contributed by atoms with Crippen LogP contribution in [0.25, 0.3) is 10.8 Å². The third-order valence-electron chi connectivity index (χ3n) is 6.11.